The zero-order valence-corrected chi connectivity index (χ0v) is 16.7. The Hall–Kier alpha value is -2.93. The summed E-state index contributed by atoms with van der Waals surface area (Å²) in [6, 6.07) is 13.1. The molecule has 2 aliphatic rings. The van der Waals surface area contributed by atoms with Crippen LogP contribution in [0.1, 0.15) is 18.5 Å². The van der Waals surface area contributed by atoms with Gasteiger partial charge in [0, 0.05) is 0 Å². The topological polar surface area (TPSA) is 75.5 Å². The molecule has 2 aromatic carbocycles. The summed E-state index contributed by atoms with van der Waals surface area (Å²) in [5, 5.41) is 13.1. The van der Waals surface area contributed by atoms with Crippen LogP contribution in [-0.2, 0) is 4.79 Å². The van der Waals surface area contributed by atoms with E-state index in [2.05, 4.69) is 10.2 Å². The van der Waals surface area contributed by atoms with Crippen LogP contribution >= 0.6 is 0 Å². The summed E-state index contributed by atoms with van der Waals surface area (Å²) in [4.78, 5) is 16.0. The molecule has 1 saturated heterocycles. The molecule has 0 bridgehead atoms. The van der Waals surface area contributed by atoms with Crippen molar-refractivity contribution in [1.29, 1.82) is 0 Å². The van der Waals surface area contributed by atoms with Crippen LogP contribution in [0.3, 0.4) is 0 Å². The van der Waals surface area contributed by atoms with Crippen LogP contribution < -0.4 is 24.6 Å². The van der Waals surface area contributed by atoms with Gasteiger partial charge < -0.3 is 29.7 Å². The van der Waals surface area contributed by atoms with Crippen LogP contribution in [0.25, 0.3) is 0 Å². The van der Waals surface area contributed by atoms with Gasteiger partial charge in [0.2, 0.25) is 0 Å². The Bertz CT molecular complexity index is 865. The maximum Gasteiger partial charge on any atom is 0.275 e. The average Bonchev–Trinajstić information content (AvgIpc) is 2.74. The monoisotopic (exact) mass is 398 g/mol. The maximum absolute atomic E-state index is 12.5. The van der Waals surface area contributed by atoms with E-state index in [1.165, 1.54) is 4.90 Å². The van der Waals surface area contributed by atoms with Crippen molar-refractivity contribution in [2.24, 2.45) is 0 Å². The fraction of sp³-hybridized carbons (Fsp3) is 0.409. The number of carbonyl (C=O) groups excluding carboxylic acids is 1. The van der Waals surface area contributed by atoms with Gasteiger partial charge in [0.25, 0.3) is 5.91 Å². The molecule has 7 nitrogen and oxygen atoms in total. The van der Waals surface area contributed by atoms with Gasteiger partial charge in [-0.3, -0.25) is 4.79 Å². The van der Waals surface area contributed by atoms with E-state index in [-0.39, 0.29) is 11.9 Å². The Morgan fingerprint density at radius 1 is 1.14 bits per heavy atom. The van der Waals surface area contributed by atoms with Gasteiger partial charge >= 0.3 is 0 Å². The Balaban J connectivity index is 1.27. The zero-order valence-electron chi connectivity index (χ0n) is 16.7. The minimum Gasteiger partial charge on any atom is -0.506 e. The molecule has 2 aliphatic heterocycles. The molecule has 2 heterocycles. The molecule has 3 N–H and O–H groups in total. The number of nitrogens with zero attached hydrogens (tertiary/aromatic N) is 1. The molecular formula is C22H28N3O4+. The van der Waals surface area contributed by atoms with E-state index in [1.807, 2.05) is 43.3 Å². The number of ether oxygens (including phenoxy) is 2. The molecule has 2 aromatic rings. The predicted octanol–water partition coefficient (Wildman–Crippen LogP) is 0.746. The van der Waals surface area contributed by atoms with E-state index in [9.17, 15) is 9.90 Å². The van der Waals surface area contributed by atoms with Crippen molar-refractivity contribution in [3.63, 3.8) is 0 Å². The number of rotatable bonds is 5. The molecule has 0 aliphatic carbocycles. The fourth-order valence-electron chi connectivity index (χ4n) is 3.90. The van der Waals surface area contributed by atoms with Gasteiger partial charge in [-0.25, -0.2) is 0 Å². The third kappa shape index (κ3) is 4.56. The van der Waals surface area contributed by atoms with Crippen molar-refractivity contribution >= 4 is 11.6 Å². The number of aromatic hydroxyl groups is 1. The number of phenols is 1. The summed E-state index contributed by atoms with van der Waals surface area (Å²) in [6.07, 6.45) is 0. The summed E-state index contributed by atoms with van der Waals surface area (Å²) >= 11 is 0. The quantitative estimate of drug-likeness (QED) is 0.693. The molecule has 1 fully saturated rings. The number of piperazine rings is 1. The van der Waals surface area contributed by atoms with Crippen molar-refractivity contribution in [3.8, 4) is 17.2 Å². The summed E-state index contributed by atoms with van der Waals surface area (Å²) in [5.74, 6) is 1.84. The van der Waals surface area contributed by atoms with E-state index in [1.54, 1.807) is 6.07 Å². The van der Waals surface area contributed by atoms with Crippen LogP contribution in [0, 0.1) is 0 Å². The van der Waals surface area contributed by atoms with Crippen LogP contribution in [0.15, 0.2) is 42.5 Å². The smallest absolute Gasteiger partial charge is 0.275 e. The first kappa shape index (κ1) is 19.4. The lowest BCUT2D eigenvalue weighted by molar-refractivity contribution is -0.892. The van der Waals surface area contributed by atoms with E-state index < -0.39 is 0 Å². The first-order chi connectivity index (χ1) is 14.1. The first-order valence-electron chi connectivity index (χ1n) is 10.2. The Morgan fingerprint density at radius 2 is 1.86 bits per heavy atom. The van der Waals surface area contributed by atoms with Gasteiger partial charge in [-0.1, -0.05) is 18.2 Å². The highest BCUT2D eigenvalue weighted by Gasteiger charge is 2.24. The molecular weight excluding hydrogens is 370 g/mol. The van der Waals surface area contributed by atoms with Crippen molar-refractivity contribution < 1.29 is 24.3 Å². The molecule has 1 amide bonds. The number of nitrogens with one attached hydrogen (secondary N) is 2. The first-order valence-corrected chi connectivity index (χ1v) is 10.2. The lowest BCUT2D eigenvalue weighted by atomic mass is 10.1. The second-order valence-electron chi connectivity index (χ2n) is 7.59. The highest BCUT2D eigenvalue weighted by atomic mass is 16.6. The molecule has 0 unspecified atom stereocenters. The molecule has 0 radical (unpaired) electrons. The normalized spacial score (nSPS) is 17.6. The van der Waals surface area contributed by atoms with Gasteiger partial charge in [-0.2, -0.15) is 0 Å². The highest BCUT2D eigenvalue weighted by Crippen LogP contribution is 2.32. The third-order valence-electron chi connectivity index (χ3n) is 5.55. The van der Waals surface area contributed by atoms with Gasteiger partial charge in [-0.15, -0.1) is 0 Å². The summed E-state index contributed by atoms with van der Waals surface area (Å²) < 4.78 is 11.2. The summed E-state index contributed by atoms with van der Waals surface area (Å²) in [5.41, 5.74) is 1.87. The number of fused-ring (bicyclic) bond motifs is 1. The molecule has 7 heteroatoms. The lowest BCUT2D eigenvalue weighted by Gasteiger charge is -2.33. The number of para-hydroxylation sites is 2. The highest BCUT2D eigenvalue weighted by molar-refractivity contribution is 5.77. The van der Waals surface area contributed by atoms with E-state index in [4.69, 9.17) is 9.47 Å². The average molecular weight is 398 g/mol. The van der Waals surface area contributed by atoms with Crippen LogP contribution in [0.4, 0.5) is 5.69 Å². The lowest BCUT2D eigenvalue weighted by Crippen LogP contribution is -3.15. The number of hydrogen-bond donors (Lipinski definition) is 3. The van der Waals surface area contributed by atoms with Gasteiger partial charge in [0.1, 0.15) is 19.0 Å². The van der Waals surface area contributed by atoms with Crippen molar-refractivity contribution in [1.82, 2.24) is 5.32 Å². The van der Waals surface area contributed by atoms with Crippen LogP contribution in [0.5, 0.6) is 17.2 Å². The number of anilines is 1. The summed E-state index contributed by atoms with van der Waals surface area (Å²) in [6.45, 7) is 6.90. The standard InChI is InChI=1S/C22H27N3O4/c1-16(17-6-7-20-21(14-17)29-13-12-28-20)23-22(27)15-24-8-10-25(11-9-24)18-4-2-3-5-19(18)26/h2-7,14,16,26H,8-13,15H2,1H3,(H,23,27)/p+1/t16-/m0/s1. The van der Waals surface area contributed by atoms with Crippen molar-refractivity contribution in [2.45, 2.75) is 13.0 Å². The van der Waals surface area contributed by atoms with Gasteiger partial charge in [0.05, 0.1) is 37.9 Å². The SMILES string of the molecule is C[C@H](NC(=O)C[NH+]1CCN(c2ccccc2O)CC1)c1ccc2c(c1)OCCO2. The Labute approximate surface area is 170 Å². The molecule has 0 spiro atoms. The van der Waals surface area contributed by atoms with Gasteiger partial charge in [0.15, 0.2) is 18.0 Å². The number of benzene rings is 2. The van der Waals surface area contributed by atoms with E-state index >= 15 is 0 Å². The number of phenolic OH excluding ortho intramolecular Hbond substituents is 1. The van der Waals surface area contributed by atoms with Crippen molar-refractivity contribution in [2.75, 3.05) is 50.8 Å². The molecule has 4 rings (SSSR count). The zero-order chi connectivity index (χ0) is 20.2. The van der Waals surface area contributed by atoms with E-state index in [0.717, 1.165) is 48.9 Å². The molecule has 0 saturated carbocycles. The number of carbonyl (C=O) groups is 1. The largest absolute Gasteiger partial charge is 0.506 e. The maximum atomic E-state index is 12.5. The van der Waals surface area contributed by atoms with Crippen LogP contribution in [0.2, 0.25) is 0 Å². The van der Waals surface area contributed by atoms with Crippen molar-refractivity contribution in [3.05, 3.63) is 48.0 Å². The predicted molar refractivity (Wildman–Crippen MR) is 110 cm³/mol. The molecule has 154 valence electrons. The van der Waals surface area contributed by atoms with Crippen LogP contribution in [-0.4, -0.2) is 57.0 Å². The molecule has 29 heavy (non-hydrogen) atoms. The molecule has 0 aromatic heterocycles. The fourth-order valence-corrected chi connectivity index (χ4v) is 3.90. The van der Waals surface area contributed by atoms with Gasteiger partial charge in [-0.05, 0) is 36.8 Å². The number of amides is 1. The number of hydrogen-bond acceptors (Lipinski definition) is 5. The van der Waals surface area contributed by atoms with E-state index in [0.29, 0.717) is 25.5 Å². The summed E-state index contributed by atoms with van der Waals surface area (Å²) in [7, 11) is 0. The Kier molecular flexibility index (Phi) is 5.76. The molecule has 1 atom stereocenters. The Morgan fingerprint density at radius 3 is 2.62 bits per heavy atom. The second-order valence-corrected chi connectivity index (χ2v) is 7.59. The third-order valence-corrected chi connectivity index (χ3v) is 5.55. The second kappa shape index (κ2) is 8.61. The minimum atomic E-state index is -0.0970. The number of quaternary nitrogens is 1. The minimum absolute atomic E-state index is 0.0402.